The van der Waals surface area contributed by atoms with Crippen LogP contribution >= 0.6 is 0 Å². The van der Waals surface area contributed by atoms with E-state index in [2.05, 4.69) is 0 Å². The summed E-state index contributed by atoms with van der Waals surface area (Å²) in [5.41, 5.74) is -0.624. The molecule has 1 aromatic rings. The Labute approximate surface area is 170 Å². The third-order valence-corrected chi connectivity index (χ3v) is 4.20. The molecule has 0 aliphatic carbocycles. The fourth-order valence-corrected chi connectivity index (χ4v) is 2.32. The van der Waals surface area contributed by atoms with Crippen LogP contribution in [-0.2, 0) is 10.8 Å². The molecule has 1 aromatic carbocycles. The van der Waals surface area contributed by atoms with E-state index in [4.69, 9.17) is 9.47 Å². The summed E-state index contributed by atoms with van der Waals surface area (Å²) in [4.78, 5) is 0. The quantitative estimate of drug-likeness (QED) is 0.404. The van der Waals surface area contributed by atoms with E-state index in [9.17, 15) is 35.1 Å². The molecular formula is C20H26F8O2. The zero-order valence-electron chi connectivity index (χ0n) is 17.6. The number of alkyl halides is 8. The van der Waals surface area contributed by atoms with Gasteiger partial charge < -0.3 is 9.47 Å². The van der Waals surface area contributed by atoms with Crippen molar-refractivity contribution in [2.24, 2.45) is 0 Å². The van der Waals surface area contributed by atoms with Crippen molar-refractivity contribution in [2.75, 3.05) is 13.2 Å². The molecule has 2 nitrogen and oxygen atoms in total. The van der Waals surface area contributed by atoms with Crippen LogP contribution in [0.5, 0.6) is 11.5 Å². The van der Waals surface area contributed by atoms with Crippen LogP contribution in [0.3, 0.4) is 0 Å². The Morgan fingerprint density at radius 2 is 1.13 bits per heavy atom. The predicted octanol–water partition coefficient (Wildman–Crippen LogP) is 6.84. The van der Waals surface area contributed by atoms with Gasteiger partial charge in [0.25, 0.3) is 0 Å². The first kappa shape index (κ1) is 26.3. The second-order valence-electron chi connectivity index (χ2n) is 9.05. The number of hydrogen-bond donors (Lipinski definition) is 0. The average Bonchev–Trinajstić information content (AvgIpc) is 2.55. The average molecular weight is 450 g/mol. The molecule has 0 fully saturated rings. The Morgan fingerprint density at radius 1 is 0.700 bits per heavy atom. The summed E-state index contributed by atoms with van der Waals surface area (Å²) < 4.78 is 113. The van der Waals surface area contributed by atoms with Crippen molar-refractivity contribution >= 4 is 0 Å². The van der Waals surface area contributed by atoms with E-state index in [1.54, 1.807) is 47.6 Å². The first-order valence-electron chi connectivity index (χ1n) is 9.05. The lowest BCUT2D eigenvalue weighted by Gasteiger charge is -2.30. The second kappa shape index (κ2) is 8.78. The van der Waals surface area contributed by atoms with Gasteiger partial charge in [0.2, 0.25) is 0 Å². The third-order valence-electron chi connectivity index (χ3n) is 4.20. The van der Waals surface area contributed by atoms with Crippen molar-refractivity contribution < 1.29 is 44.6 Å². The molecule has 0 saturated heterocycles. The van der Waals surface area contributed by atoms with Crippen molar-refractivity contribution in [3.63, 3.8) is 0 Å². The lowest BCUT2D eigenvalue weighted by atomic mass is 9.80. The highest BCUT2D eigenvalue weighted by Crippen LogP contribution is 2.43. The minimum Gasteiger partial charge on any atom is -0.483 e. The van der Waals surface area contributed by atoms with Crippen LogP contribution < -0.4 is 9.47 Å². The summed E-state index contributed by atoms with van der Waals surface area (Å²) in [5, 5.41) is 0. The van der Waals surface area contributed by atoms with Gasteiger partial charge >= 0.3 is 24.7 Å². The van der Waals surface area contributed by atoms with Crippen LogP contribution in [0.25, 0.3) is 0 Å². The fraction of sp³-hybridized carbons (Fsp3) is 0.700. The molecule has 0 spiro atoms. The van der Waals surface area contributed by atoms with Gasteiger partial charge in [0.15, 0.2) is 24.7 Å². The van der Waals surface area contributed by atoms with Crippen molar-refractivity contribution in [3.05, 3.63) is 23.3 Å². The Balaban J connectivity index is 3.55. The Morgan fingerprint density at radius 3 is 1.50 bits per heavy atom. The van der Waals surface area contributed by atoms with Crippen molar-refractivity contribution in [1.82, 2.24) is 0 Å². The van der Waals surface area contributed by atoms with Gasteiger partial charge in [-0.15, -0.1) is 0 Å². The molecule has 0 amide bonds. The van der Waals surface area contributed by atoms with E-state index in [1.807, 2.05) is 0 Å². The molecule has 0 heterocycles. The van der Waals surface area contributed by atoms with Gasteiger partial charge in [-0.25, -0.2) is 17.6 Å². The van der Waals surface area contributed by atoms with Gasteiger partial charge in [-0.3, -0.25) is 0 Å². The van der Waals surface area contributed by atoms with Crippen molar-refractivity contribution in [1.29, 1.82) is 0 Å². The van der Waals surface area contributed by atoms with Crippen LogP contribution in [0.2, 0.25) is 0 Å². The standard InChI is InChI=1S/C20H26F8O2/c1-17(2,3)11-7-12(18(4,5)6)14(30-10-20(27,28)16(23)24)13(8-11)29-9-19(25,26)15(21)22/h7-8,15-16H,9-10H2,1-6H3. The molecule has 0 radical (unpaired) electrons. The zero-order chi connectivity index (χ0) is 23.7. The third kappa shape index (κ3) is 6.63. The smallest absolute Gasteiger partial charge is 0.340 e. The summed E-state index contributed by atoms with van der Waals surface area (Å²) >= 11 is 0. The molecule has 174 valence electrons. The molecule has 1 rings (SSSR count). The predicted molar refractivity (Wildman–Crippen MR) is 96.7 cm³/mol. The van der Waals surface area contributed by atoms with Crippen LogP contribution in [-0.4, -0.2) is 37.9 Å². The number of hydrogen-bond acceptors (Lipinski definition) is 2. The second-order valence-corrected chi connectivity index (χ2v) is 9.05. The Bertz CT molecular complexity index is 719. The maximum Gasteiger partial charge on any atom is 0.340 e. The maximum absolute atomic E-state index is 13.4. The van der Waals surface area contributed by atoms with E-state index >= 15 is 0 Å². The van der Waals surface area contributed by atoms with Crippen LogP contribution in [0.4, 0.5) is 35.1 Å². The van der Waals surface area contributed by atoms with Crippen LogP contribution in [0, 0.1) is 0 Å². The highest BCUT2D eigenvalue weighted by molar-refractivity contribution is 5.53. The van der Waals surface area contributed by atoms with Gasteiger partial charge in [0, 0.05) is 5.56 Å². The molecule has 0 unspecified atom stereocenters. The topological polar surface area (TPSA) is 18.5 Å². The molecule has 0 atom stereocenters. The van der Waals surface area contributed by atoms with E-state index < -0.39 is 60.2 Å². The molecule has 10 heteroatoms. The summed E-state index contributed by atoms with van der Waals surface area (Å²) in [7, 11) is 0. The van der Waals surface area contributed by atoms with Crippen LogP contribution in [0.1, 0.15) is 52.7 Å². The van der Waals surface area contributed by atoms with Gasteiger partial charge in [-0.2, -0.15) is 17.6 Å². The first-order valence-corrected chi connectivity index (χ1v) is 9.05. The van der Waals surface area contributed by atoms with Gasteiger partial charge in [0.05, 0.1) is 0 Å². The number of halogens is 8. The lowest BCUT2D eigenvalue weighted by Crippen LogP contribution is -2.35. The molecule has 0 aromatic heterocycles. The SMILES string of the molecule is CC(C)(C)c1cc(OCC(F)(F)C(F)F)c(OCC(F)(F)C(F)F)c(C(C)(C)C)c1. The van der Waals surface area contributed by atoms with Crippen LogP contribution in [0.15, 0.2) is 12.1 Å². The maximum atomic E-state index is 13.4. The van der Waals surface area contributed by atoms with E-state index in [-0.39, 0.29) is 5.56 Å². The molecule has 30 heavy (non-hydrogen) atoms. The van der Waals surface area contributed by atoms with Gasteiger partial charge in [0.1, 0.15) is 0 Å². The van der Waals surface area contributed by atoms with Crippen molar-refractivity contribution in [2.45, 2.75) is 77.1 Å². The molecule has 0 saturated carbocycles. The number of benzene rings is 1. The van der Waals surface area contributed by atoms with Gasteiger partial charge in [-0.05, 0) is 22.5 Å². The largest absolute Gasteiger partial charge is 0.483 e. The van der Waals surface area contributed by atoms with Crippen molar-refractivity contribution in [3.8, 4) is 11.5 Å². The Kier molecular flexibility index (Phi) is 7.70. The minimum atomic E-state index is -4.51. The normalized spacial score (nSPS) is 13.9. The summed E-state index contributed by atoms with van der Waals surface area (Å²) in [6.07, 6.45) is -8.03. The molecule has 0 N–H and O–H groups in total. The monoisotopic (exact) mass is 450 g/mol. The van der Waals surface area contributed by atoms with Gasteiger partial charge in [-0.1, -0.05) is 47.6 Å². The summed E-state index contributed by atoms with van der Waals surface area (Å²) in [6, 6.07) is 2.76. The zero-order valence-corrected chi connectivity index (χ0v) is 17.6. The van der Waals surface area contributed by atoms with E-state index in [1.165, 1.54) is 6.07 Å². The number of ether oxygens (including phenoxy) is 2. The summed E-state index contributed by atoms with van der Waals surface area (Å²) in [5.74, 6) is -10.00. The Hall–Kier alpha value is -1.74. The first-order chi connectivity index (χ1) is 13.3. The highest BCUT2D eigenvalue weighted by Gasteiger charge is 2.44. The summed E-state index contributed by atoms with van der Waals surface area (Å²) in [6.45, 7) is 6.81. The number of rotatable bonds is 8. The molecule has 0 aliphatic heterocycles. The van der Waals surface area contributed by atoms with E-state index in [0.717, 1.165) is 0 Å². The minimum absolute atomic E-state index is 0.218. The molecule has 0 aliphatic rings. The fourth-order valence-electron chi connectivity index (χ4n) is 2.32. The highest BCUT2D eigenvalue weighted by atomic mass is 19.3. The lowest BCUT2D eigenvalue weighted by molar-refractivity contribution is -0.151. The molecular weight excluding hydrogens is 424 g/mol. The van der Waals surface area contributed by atoms with E-state index in [0.29, 0.717) is 5.56 Å². The molecule has 0 bridgehead atoms.